The lowest BCUT2D eigenvalue weighted by atomic mass is 10.1. The van der Waals surface area contributed by atoms with Crippen LogP contribution in [0.2, 0.25) is 0 Å². The van der Waals surface area contributed by atoms with Gasteiger partial charge in [-0.1, -0.05) is 0 Å². The van der Waals surface area contributed by atoms with Gasteiger partial charge in [-0.15, -0.1) is 11.3 Å². The minimum atomic E-state index is 0.679. The third-order valence-corrected chi connectivity index (χ3v) is 3.59. The van der Waals surface area contributed by atoms with Gasteiger partial charge in [0.05, 0.1) is 18.0 Å². The molecule has 0 spiro atoms. The van der Waals surface area contributed by atoms with Crippen molar-refractivity contribution in [3.05, 3.63) is 29.1 Å². The van der Waals surface area contributed by atoms with E-state index in [1.165, 1.54) is 11.3 Å². The molecule has 0 amide bonds. The average molecular weight is 275 g/mol. The highest BCUT2D eigenvalue weighted by atomic mass is 32.1. The van der Waals surface area contributed by atoms with Crippen LogP contribution in [0.4, 0.5) is 5.69 Å². The van der Waals surface area contributed by atoms with E-state index in [2.05, 4.69) is 41.4 Å². The van der Waals surface area contributed by atoms with Gasteiger partial charge in [-0.3, -0.25) is 0 Å². The molecule has 2 aromatic rings. The zero-order valence-electron chi connectivity index (χ0n) is 11.6. The number of ether oxygens (including phenoxy) is 1. The van der Waals surface area contributed by atoms with Crippen LogP contribution in [0.25, 0.3) is 11.3 Å². The first kappa shape index (κ1) is 13.9. The number of hydrogen-bond acceptors (Lipinski definition) is 4. The summed E-state index contributed by atoms with van der Waals surface area (Å²) in [6.45, 7) is 8.92. The molecule has 3 nitrogen and oxygen atoms in total. The Kier molecular flexibility index (Phi) is 4.80. The van der Waals surface area contributed by atoms with Crippen molar-refractivity contribution in [1.29, 1.82) is 0 Å². The van der Waals surface area contributed by atoms with Crippen molar-refractivity contribution < 1.29 is 4.74 Å². The lowest BCUT2D eigenvalue weighted by molar-refractivity contribution is 0.340. The molecule has 0 fully saturated rings. The lowest BCUT2D eigenvalue weighted by Gasteiger charge is -2.24. The maximum Gasteiger partial charge on any atom is 0.152 e. The molecule has 4 heteroatoms. The Morgan fingerprint density at radius 2 is 2.05 bits per heavy atom. The van der Waals surface area contributed by atoms with E-state index in [1.807, 2.05) is 18.4 Å². The zero-order chi connectivity index (χ0) is 13.7. The number of hydrogen-bond donors (Lipinski definition) is 0. The van der Waals surface area contributed by atoms with Crippen molar-refractivity contribution >= 4 is 17.0 Å². The quantitative estimate of drug-likeness (QED) is 0.800. The first-order valence-corrected chi connectivity index (χ1v) is 7.51. The molecule has 0 aliphatic rings. The predicted octanol–water partition coefficient (Wildman–Crippen LogP) is 3.86. The fraction of sp³-hybridized carbons (Fsp3) is 0.400. The predicted molar refractivity (Wildman–Crippen MR) is 81.1 cm³/mol. The summed E-state index contributed by atoms with van der Waals surface area (Å²) in [6, 6.07) is 6.24. The first-order chi connectivity index (χ1) is 9.30. The molecule has 0 saturated carbocycles. The molecular weight excluding hydrogens is 256 g/mol. The van der Waals surface area contributed by atoms with Gasteiger partial charge in [0.2, 0.25) is 0 Å². The largest absolute Gasteiger partial charge is 0.492 e. The van der Waals surface area contributed by atoms with E-state index in [0.29, 0.717) is 6.61 Å². The van der Waals surface area contributed by atoms with Crippen molar-refractivity contribution in [2.24, 2.45) is 0 Å². The van der Waals surface area contributed by atoms with Crippen LogP contribution in [0.15, 0.2) is 23.6 Å². The summed E-state index contributed by atoms with van der Waals surface area (Å²) in [6.07, 6.45) is 0. The van der Waals surface area contributed by atoms with Crippen molar-refractivity contribution in [3.8, 4) is 17.0 Å². The van der Waals surface area contributed by atoms with E-state index in [1.54, 1.807) is 0 Å². The molecule has 0 N–H and O–H groups in total. The smallest absolute Gasteiger partial charge is 0.152 e. The van der Waals surface area contributed by atoms with Crippen LogP contribution in [0, 0.1) is 5.51 Å². The Bertz CT molecular complexity index is 507. The van der Waals surface area contributed by atoms with Crippen LogP contribution in [-0.2, 0) is 0 Å². The monoisotopic (exact) mass is 275 g/mol. The normalized spacial score (nSPS) is 10.5. The fourth-order valence-electron chi connectivity index (χ4n) is 2.08. The molecule has 1 heterocycles. The summed E-state index contributed by atoms with van der Waals surface area (Å²) in [5, 5.41) is 2.02. The van der Waals surface area contributed by atoms with Crippen LogP contribution < -0.4 is 9.64 Å². The van der Waals surface area contributed by atoms with Gasteiger partial charge < -0.3 is 9.64 Å². The summed E-state index contributed by atoms with van der Waals surface area (Å²) in [4.78, 5) is 6.54. The molecule has 101 valence electrons. The van der Waals surface area contributed by atoms with Crippen molar-refractivity contribution in [3.63, 3.8) is 0 Å². The van der Waals surface area contributed by atoms with Gasteiger partial charge in [0.25, 0.3) is 0 Å². The van der Waals surface area contributed by atoms with Crippen molar-refractivity contribution in [2.45, 2.75) is 20.8 Å². The highest BCUT2D eigenvalue weighted by molar-refractivity contribution is 7.07. The number of anilines is 1. The third kappa shape index (κ3) is 3.07. The number of nitrogens with zero attached hydrogens (tertiary/aromatic N) is 2. The summed E-state index contributed by atoms with van der Waals surface area (Å²) in [5.74, 6) is 0.939. The Balaban J connectivity index is 2.43. The summed E-state index contributed by atoms with van der Waals surface area (Å²) >= 11 is 1.49. The second-order valence-corrected chi connectivity index (χ2v) is 4.77. The van der Waals surface area contributed by atoms with E-state index in [-0.39, 0.29) is 0 Å². The number of rotatable bonds is 6. The van der Waals surface area contributed by atoms with Crippen LogP contribution >= 0.6 is 11.3 Å². The molecule has 0 unspecified atom stereocenters. The summed E-state index contributed by atoms with van der Waals surface area (Å²) in [5.41, 5.74) is 6.12. The maximum atomic E-state index is 5.73. The first-order valence-electron chi connectivity index (χ1n) is 6.63. The van der Waals surface area contributed by atoms with E-state index >= 15 is 0 Å². The number of benzene rings is 1. The molecule has 0 aliphatic heterocycles. The molecule has 0 atom stereocenters. The van der Waals surface area contributed by atoms with Crippen LogP contribution in [0.3, 0.4) is 0 Å². The third-order valence-electron chi connectivity index (χ3n) is 3.05. The number of thiazole rings is 1. The average Bonchev–Trinajstić information content (AvgIpc) is 2.96. The van der Waals surface area contributed by atoms with Crippen molar-refractivity contribution in [2.75, 3.05) is 24.6 Å². The van der Waals surface area contributed by atoms with E-state index in [9.17, 15) is 0 Å². The molecule has 1 radical (unpaired) electrons. The molecule has 2 rings (SSSR count). The lowest BCUT2D eigenvalue weighted by Crippen LogP contribution is -2.22. The second kappa shape index (κ2) is 6.57. The Morgan fingerprint density at radius 1 is 1.26 bits per heavy atom. The van der Waals surface area contributed by atoms with Crippen LogP contribution in [0.1, 0.15) is 20.8 Å². The van der Waals surface area contributed by atoms with E-state index in [0.717, 1.165) is 35.8 Å². The van der Waals surface area contributed by atoms with Gasteiger partial charge in [0.15, 0.2) is 5.51 Å². The SMILES string of the molecule is CCOc1ccc(-c2cs[c]n2)cc1N(CC)CC. The van der Waals surface area contributed by atoms with Crippen LogP contribution in [0.5, 0.6) is 5.75 Å². The highest BCUT2D eigenvalue weighted by Gasteiger charge is 2.12. The Hall–Kier alpha value is -1.55. The molecule has 1 aromatic heterocycles. The van der Waals surface area contributed by atoms with Gasteiger partial charge in [-0.05, 0) is 39.0 Å². The standard InChI is InChI=1S/C15H19N2OS/c1-4-17(5-2)14-9-12(13-10-19-11-16-13)7-8-15(14)18-6-3/h7-10H,4-6H2,1-3H3. The molecular formula is C15H19N2OS. The zero-order valence-corrected chi connectivity index (χ0v) is 12.5. The van der Waals surface area contributed by atoms with E-state index in [4.69, 9.17) is 4.74 Å². The minimum Gasteiger partial charge on any atom is -0.492 e. The van der Waals surface area contributed by atoms with Crippen molar-refractivity contribution in [1.82, 2.24) is 4.98 Å². The summed E-state index contributed by atoms with van der Waals surface area (Å²) < 4.78 is 5.73. The highest BCUT2D eigenvalue weighted by Crippen LogP contribution is 2.33. The van der Waals surface area contributed by atoms with Gasteiger partial charge in [-0.25, -0.2) is 4.98 Å². The molecule has 1 aromatic carbocycles. The molecule has 19 heavy (non-hydrogen) atoms. The molecule has 0 saturated heterocycles. The summed E-state index contributed by atoms with van der Waals surface area (Å²) in [7, 11) is 0. The Labute approximate surface area is 118 Å². The van der Waals surface area contributed by atoms with Gasteiger partial charge >= 0.3 is 0 Å². The van der Waals surface area contributed by atoms with E-state index < -0.39 is 0 Å². The molecule has 0 bridgehead atoms. The number of aromatic nitrogens is 1. The minimum absolute atomic E-state index is 0.679. The van der Waals surface area contributed by atoms with Gasteiger partial charge in [0.1, 0.15) is 5.75 Å². The maximum absolute atomic E-state index is 5.73. The van der Waals surface area contributed by atoms with Gasteiger partial charge in [0, 0.05) is 24.0 Å². The fourth-order valence-corrected chi connectivity index (χ4v) is 2.59. The Morgan fingerprint density at radius 3 is 2.63 bits per heavy atom. The topological polar surface area (TPSA) is 25.4 Å². The molecule has 0 aliphatic carbocycles. The second-order valence-electron chi connectivity index (χ2n) is 4.11. The van der Waals surface area contributed by atoms with Gasteiger partial charge in [-0.2, -0.15) is 0 Å². The van der Waals surface area contributed by atoms with Crippen LogP contribution in [-0.4, -0.2) is 24.7 Å².